The lowest BCUT2D eigenvalue weighted by Crippen LogP contribution is -2.48. The Morgan fingerprint density at radius 1 is 0.960 bits per heavy atom. The second-order valence-electron chi connectivity index (χ2n) is 7.20. The fourth-order valence-electron chi connectivity index (χ4n) is 3.72. The van der Waals surface area contributed by atoms with E-state index < -0.39 is 10.0 Å². The molecule has 3 aliphatic rings. The first kappa shape index (κ1) is 18.6. The van der Waals surface area contributed by atoms with Gasteiger partial charge in [-0.3, -0.25) is 4.79 Å². The molecule has 1 aliphatic carbocycles. The number of hydrogen-bond donors (Lipinski definition) is 3. The van der Waals surface area contributed by atoms with Crippen LogP contribution in [0.5, 0.6) is 0 Å². The monoisotopic (exact) mass is 385 g/mol. The van der Waals surface area contributed by atoms with Gasteiger partial charge in [0.25, 0.3) is 5.91 Å². The molecule has 138 valence electrons. The molecule has 1 amide bonds. The van der Waals surface area contributed by atoms with Gasteiger partial charge in [0.05, 0.1) is 4.90 Å². The molecule has 2 unspecified atom stereocenters. The highest BCUT2D eigenvalue weighted by atomic mass is 35.5. The average Bonchev–Trinajstić information content (AvgIpc) is 3.29. The Kier molecular flexibility index (Phi) is 5.39. The van der Waals surface area contributed by atoms with E-state index in [2.05, 4.69) is 15.4 Å². The number of sulfonamides is 1. The van der Waals surface area contributed by atoms with Gasteiger partial charge in [-0.25, -0.2) is 13.1 Å². The summed E-state index contributed by atoms with van der Waals surface area (Å²) >= 11 is 0. The molecule has 8 heteroatoms. The Hall–Kier alpha value is -1.15. The minimum absolute atomic E-state index is 0. The van der Waals surface area contributed by atoms with Crippen LogP contribution in [0.15, 0.2) is 29.2 Å². The summed E-state index contributed by atoms with van der Waals surface area (Å²) in [7, 11) is -3.46. The van der Waals surface area contributed by atoms with Crippen LogP contribution in [-0.4, -0.2) is 38.5 Å². The molecular weight excluding hydrogens is 362 g/mol. The number of nitrogens with one attached hydrogen (secondary N) is 3. The smallest absolute Gasteiger partial charge is 0.251 e. The van der Waals surface area contributed by atoms with E-state index in [1.807, 2.05) is 0 Å². The maximum atomic E-state index is 12.4. The summed E-state index contributed by atoms with van der Waals surface area (Å²) in [5.74, 6) is -0.125. The molecule has 3 fully saturated rings. The zero-order valence-corrected chi connectivity index (χ0v) is 15.5. The topological polar surface area (TPSA) is 87.3 Å². The van der Waals surface area contributed by atoms with Crippen molar-refractivity contribution in [3.05, 3.63) is 29.8 Å². The lowest BCUT2D eigenvalue weighted by molar-refractivity contribution is 0.0924. The van der Waals surface area contributed by atoms with Gasteiger partial charge in [-0.1, -0.05) is 0 Å². The van der Waals surface area contributed by atoms with E-state index in [0.717, 1.165) is 25.7 Å². The van der Waals surface area contributed by atoms with Crippen molar-refractivity contribution in [2.45, 2.75) is 67.6 Å². The fraction of sp³-hybridized carbons (Fsp3) is 0.588. The number of piperidine rings is 1. The number of carbonyl (C=O) groups is 1. The standard InChI is InChI=1S/C17H23N3O3S.ClH/c21-17(19-15-9-13-5-6-14(10-15)18-13)11-1-7-16(8-2-11)24(22,23)20-12-3-4-12;/h1-2,7-8,12-15,18,20H,3-6,9-10H2,(H,19,21);1H. The molecule has 3 N–H and O–H groups in total. The Bertz CT molecular complexity index is 722. The molecule has 6 nitrogen and oxygen atoms in total. The van der Waals surface area contributed by atoms with Crippen molar-refractivity contribution in [3.63, 3.8) is 0 Å². The van der Waals surface area contributed by atoms with Crippen LogP contribution >= 0.6 is 12.4 Å². The first-order valence-corrected chi connectivity index (χ1v) is 10.2. The van der Waals surface area contributed by atoms with Gasteiger partial charge in [-0.2, -0.15) is 0 Å². The Balaban J connectivity index is 0.00000182. The fourth-order valence-corrected chi connectivity index (χ4v) is 5.02. The molecule has 2 heterocycles. The molecule has 0 aromatic heterocycles. The summed E-state index contributed by atoms with van der Waals surface area (Å²) in [5, 5.41) is 6.65. The lowest BCUT2D eigenvalue weighted by atomic mass is 9.99. The lowest BCUT2D eigenvalue weighted by Gasteiger charge is -2.29. The maximum Gasteiger partial charge on any atom is 0.251 e. The Labute approximate surface area is 154 Å². The maximum absolute atomic E-state index is 12.4. The predicted octanol–water partition coefficient (Wildman–Crippen LogP) is 1.56. The van der Waals surface area contributed by atoms with Gasteiger partial charge in [0, 0.05) is 29.7 Å². The molecule has 25 heavy (non-hydrogen) atoms. The van der Waals surface area contributed by atoms with Crippen molar-refractivity contribution in [2.75, 3.05) is 0 Å². The van der Waals surface area contributed by atoms with Crippen molar-refractivity contribution in [1.29, 1.82) is 0 Å². The third-order valence-electron chi connectivity index (χ3n) is 5.13. The van der Waals surface area contributed by atoms with Crippen molar-refractivity contribution in [2.24, 2.45) is 0 Å². The van der Waals surface area contributed by atoms with E-state index in [-0.39, 0.29) is 35.3 Å². The first-order valence-electron chi connectivity index (χ1n) is 8.69. The number of fused-ring (bicyclic) bond motifs is 2. The van der Waals surface area contributed by atoms with E-state index in [1.165, 1.54) is 25.0 Å². The summed E-state index contributed by atoms with van der Waals surface area (Å²) in [5.41, 5.74) is 0.506. The largest absolute Gasteiger partial charge is 0.349 e. The van der Waals surface area contributed by atoms with Gasteiger partial charge >= 0.3 is 0 Å². The number of halogens is 1. The van der Waals surface area contributed by atoms with Gasteiger partial charge in [0.1, 0.15) is 0 Å². The van der Waals surface area contributed by atoms with E-state index in [9.17, 15) is 13.2 Å². The van der Waals surface area contributed by atoms with Gasteiger partial charge < -0.3 is 10.6 Å². The molecule has 0 spiro atoms. The molecule has 1 aromatic carbocycles. The normalized spacial score (nSPS) is 28.2. The molecule has 4 rings (SSSR count). The van der Waals surface area contributed by atoms with E-state index in [1.54, 1.807) is 12.1 Å². The second kappa shape index (κ2) is 7.23. The minimum atomic E-state index is -3.46. The Morgan fingerprint density at radius 2 is 1.56 bits per heavy atom. The molecule has 1 saturated carbocycles. The van der Waals surface area contributed by atoms with Crippen molar-refractivity contribution < 1.29 is 13.2 Å². The number of rotatable bonds is 5. The molecule has 1 aromatic rings. The van der Waals surface area contributed by atoms with Crippen molar-refractivity contribution in [3.8, 4) is 0 Å². The molecule has 2 saturated heterocycles. The highest BCUT2D eigenvalue weighted by molar-refractivity contribution is 7.89. The summed E-state index contributed by atoms with van der Waals surface area (Å²) < 4.78 is 26.9. The highest BCUT2D eigenvalue weighted by Gasteiger charge is 2.34. The number of carbonyl (C=O) groups excluding carboxylic acids is 1. The molecule has 2 atom stereocenters. The molecule has 2 aliphatic heterocycles. The zero-order chi connectivity index (χ0) is 16.7. The quantitative estimate of drug-likeness (QED) is 0.717. The SMILES string of the molecule is Cl.O=C(NC1CC2CCC(C1)N2)c1ccc(S(=O)(=O)NC2CC2)cc1. The summed E-state index contributed by atoms with van der Waals surface area (Å²) in [6, 6.07) is 7.52. The second-order valence-corrected chi connectivity index (χ2v) is 8.91. The minimum Gasteiger partial charge on any atom is -0.349 e. The number of benzene rings is 1. The van der Waals surface area contributed by atoms with Crippen LogP contribution in [0, 0.1) is 0 Å². The van der Waals surface area contributed by atoms with Gasteiger partial charge in [-0.15, -0.1) is 12.4 Å². The third kappa shape index (κ3) is 4.34. The van der Waals surface area contributed by atoms with Gasteiger partial charge in [-0.05, 0) is 62.8 Å². The number of amides is 1. The molecule has 2 bridgehead atoms. The summed E-state index contributed by atoms with van der Waals surface area (Å²) in [6.45, 7) is 0. The Morgan fingerprint density at radius 3 is 2.12 bits per heavy atom. The van der Waals surface area contributed by atoms with Crippen LogP contribution in [0.25, 0.3) is 0 Å². The van der Waals surface area contributed by atoms with Gasteiger partial charge in [0.15, 0.2) is 0 Å². The predicted molar refractivity (Wildman–Crippen MR) is 97.5 cm³/mol. The van der Waals surface area contributed by atoms with E-state index >= 15 is 0 Å². The van der Waals surface area contributed by atoms with Crippen LogP contribution in [-0.2, 0) is 10.0 Å². The molecular formula is C17H24ClN3O3S. The zero-order valence-electron chi connectivity index (χ0n) is 13.9. The summed E-state index contributed by atoms with van der Waals surface area (Å²) in [4.78, 5) is 12.6. The van der Waals surface area contributed by atoms with Crippen LogP contribution in [0.3, 0.4) is 0 Å². The van der Waals surface area contributed by atoms with Crippen molar-refractivity contribution in [1.82, 2.24) is 15.4 Å². The first-order chi connectivity index (χ1) is 11.5. The van der Waals surface area contributed by atoms with Crippen LogP contribution in [0.2, 0.25) is 0 Å². The van der Waals surface area contributed by atoms with Gasteiger partial charge in [0.2, 0.25) is 10.0 Å². The number of hydrogen-bond acceptors (Lipinski definition) is 4. The van der Waals surface area contributed by atoms with E-state index in [4.69, 9.17) is 0 Å². The van der Waals surface area contributed by atoms with Crippen molar-refractivity contribution >= 4 is 28.3 Å². The highest BCUT2D eigenvalue weighted by Crippen LogP contribution is 2.27. The third-order valence-corrected chi connectivity index (χ3v) is 6.67. The summed E-state index contributed by atoms with van der Waals surface area (Å²) in [6.07, 6.45) is 6.13. The van der Waals surface area contributed by atoms with Crippen LogP contribution in [0.1, 0.15) is 48.9 Å². The average molecular weight is 386 g/mol. The molecule has 0 radical (unpaired) electrons. The van der Waals surface area contributed by atoms with E-state index in [0.29, 0.717) is 17.6 Å². The van der Waals surface area contributed by atoms with Crippen LogP contribution < -0.4 is 15.4 Å². The van der Waals surface area contributed by atoms with Crippen LogP contribution in [0.4, 0.5) is 0 Å².